The number of thiocarbonyl (C=S) groups is 1. The molecule has 0 aliphatic heterocycles. The number of rotatable bonds is 3. The van der Waals surface area contributed by atoms with Crippen LogP contribution in [-0.4, -0.2) is 18.9 Å². The van der Waals surface area contributed by atoms with Gasteiger partial charge in [0.2, 0.25) is 5.13 Å². The van der Waals surface area contributed by atoms with Crippen LogP contribution in [0.25, 0.3) is 5.13 Å². The van der Waals surface area contributed by atoms with Crippen molar-refractivity contribution < 1.29 is 0 Å². The first-order valence-electron chi connectivity index (χ1n) is 4.52. The van der Waals surface area contributed by atoms with E-state index in [1.165, 1.54) is 11.5 Å². The summed E-state index contributed by atoms with van der Waals surface area (Å²) >= 11 is 6.30. The predicted molar refractivity (Wildman–Crippen MR) is 64.5 cm³/mol. The van der Waals surface area contributed by atoms with Gasteiger partial charge in [-0.2, -0.15) is 4.37 Å². The molecule has 0 atom stereocenters. The molecule has 0 unspecified atom stereocenters. The van der Waals surface area contributed by atoms with Crippen LogP contribution in [-0.2, 0) is 6.42 Å². The van der Waals surface area contributed by atoms with Gasteiger partial charge in [-0.1, -0.05) is 19.1 Å². The Balaban J connectivity index is 2.44. The Morgan fingerprint density at radius 3 is 3.07 bits per heavy atom. The molecule has 0 saturated carbocycles. The summed E-state index contributed by atoms with van der Waals surface area (Å²) in [5.74, 6) is 0.845. The van der Waals surface area contributed by atoms with Gasteiger partial charge in [-0.25, -0.2) is 4.98 Å². The molecule has 0 aliphatic carbocycles. The number of hydrogen-bond donors (Lipinski definition) is 1. The SMILES string of the molecule is CCc1nsc(-n2cccc2C(N)=S)n1. The van der Waals surface area contributed by atoms with E-state index < -0.39 is 0 Å². The van der Waals surface area contributed by atoms with E-state index in [4.69, 9.17) is 18.0 Å². The van der Waals surface area contributed by atoms with Crippen LogP contribution in [0.3, 0.4) is 0 Å². The number of hydrogen-bond acceptors (Lipinski definition) is 4. The van der Waals surface area contributed by atoms with Crippen molar-refractivity contribution in [2.75, 3.05) is 0 Å². The van der Waals surface area contributed by atoms with Crippen LogP contribution < -0.4 is 5.73 Å². The first-order chi connectivity index (χ1) is 7.22. The van der Waals surface area contributed by atoms with Gasteiger partial charge in [-0.15, -0.1) is 0 Å². The molecule has 6 heteroatoms. The highest BCUT2D eigenvalue weighted by Crippen LogP contribution is 2.15. The molecule has 0 aliphatic rings. The highest BCUT2D eigenvalue weighted by atomic mass is 32.1. The maximum Gasteiger partial charge on any atom is 0.213 e. The van der Waals surface area contributed by atoms with E-state index in [1.54, 1.807) is 0 Å². The summed E-state index contributed by atoms with van der Waals surface area (Å²) in [5.41, 5.74) is 6.40. The molecule has 2 aromatic heterocycles. The molecule has 2 N–H and O–H groups in total. The van der Waals surface area contributed by atoms with E-state index in [9.17, 15) is 0 Å². The van der Waals surface area contributed by atoms with Crippen molar-refractivity contribution in [3.8, 4) is 5.13 Å². The Hall–Kier alpha value is -1.27. The molecular formula is C9H10N4S2. The zero-order chi connectivity index (χ0) is 10.8. The summed E-state index contributed by atoms with van der Waals surface area (Å²) in [5, 5.41) is 0.805. The number of nitrogens with two attached hydrogens (primary N) is 1. The first kappa shape index (κ1) is 10.3. The second-order valence-corrected chi connectivity index (χ2v) is 4.14. The molecule has 2 rings (SSSR count). The largest absolute Gasteiger partial charge is 0.388 e. The lowest BCUT2D eigenvalue weighted by molar-refractivity contribution is 0.955. The van der Waals surface area contributed by atoms with Gasteiger partial charge in [-0.3, -0.25) is 4.57 Å². The van der Waals surface area contributed by atoms with Crippen molar-refractivity contribution in [2.24, 2.45) is 5.73 Å². The van der Waals surface area contributed by atoms with Gasteiger partial charge in [-0.05, 0) is 12.1 Å². The van der Waals surface area contributed by atoms with Crippen LogP contribution in [0.2, 0.25) is 0 Å². The normalized spacial score (nSPS) is 10.5. The third-order valence-electron chi connectivity index (χ3n) is 1.98. The summed E-state index contributed by atoms with van der Waals surface area (Å²) in [7, 11) is 0. The molecule has 0 bridgehead atoms. The first-order valence-corrected chi connectivity index (χ1v) is 5.70. The third-order valence-corrected chi connectivity index (χ3v) is 2.94. The molecule has 0 radical (unpaired) electrons. The van der Waals surface area contributed by atoms with Crippen molar-refractivity contribution in [1.29, 1.82) is 0 Å². The minimum atomic E-state index is 0.369. The predicted octanol–water partition coefficient (Wildman–Crippen LogP) is 1.53. The van der Waals surface area contributed by atoms with Crippen LogP contribution in [0.5, 0.6) is 0 Å². The van der Waals surface area contributed by atoms with Crippen LogP contribution in [0.4, 0.5) is 0 Å². The van der Waals surface area contributed by atoms with E-state index in [0.29, 0.717) is 4.99 Å². The number of aromatic nitrogens is 3. The van der Waals surface area contributed by atoms with Crippen molar-refractivity contribution in [1.82, 2.24) is 13.9 Å². The van der Waals surface area contributed by atoms with Crippen molar-refractivity contribution in [3.05, 3.63) is 29.8 Å². The Labute approximate surface area is 96.9 Å². The van der Waals surface area contributed by atoms with Crippen molar-refractivity contribution in [2.45, 2.75) is 13.3 Å². The summed E-state index contributed by atoms with van der Waals surface area (Å²) in [6.07, 6.45) is 2.72. The average Bonchev–Trinajstić information content (AvgIpc) is 2.85. The van der Waals surface area contributed by atoms with Gasteiger partial charge in [0.25, 0.3) is 0 Å². The molecule has 4 nitrogen and oxygen atoms in total. The van der Waals surface area contributed by atoms with Gasteiger partial charge < -0.3 is 5.73 Å². The molecule has 0 aromatic carbocycles. The summed E-state index contributed by atoms with van der Waals surface area (Å²) in [6, 6.07) is 3.76. The van der Waals surface area contributed by atoms with E-state index in [1.807, 2.05) is 29.8 Å². The van der Waals surface area contributed by atoms with Gasteiger partial charge >= 0.3 is 0 Å². The Bertz CT molecular complexity index is 486. The van der Waals surface area contributed by atoms with Crippen molar-refractivity contribution >= 4 is 28.7 Å². The zero-order valence-electron chi connectivity index (χ0n) is 8.17. The van der Waals surface area contributed by atoms with Crippen molar-refractivity contribution in [3.63, 3.8) is 0 Å². The molecule has 15 heavy (non-hydrogen) atoms. The topological polar surface area (TPSA) is 56.7 Å². The van der Waals surface area contributed by atoms with Gasteiger partial charge in [0.05, 0.1) is 5.69 Å². The van der Waals surface area contributed by atoms with Gasteiger partial charge in [0.15, 0.2) is 0 Å². The molecule has 0 fully saturated rings. The molecular weight excluding hydrogens is 228 g/mol. The average molecular weight is 238 g/mol. The van der Waals surface area contributed by atoms with Crippen LogP contribution in [0, 0.1) is 0 Å². The molecule has 0 spiro atoms. The quantitative estimate of drug-likeness (QED) is 0.824. The van der Waals surface area contributed by atoms with Crippen LogP contribution in [0.15, 0.2) is 18.3 Å². The maximum absolute atomic E-state index is 5.60. The Morgan fingerprint density at radius 1 is 1.67 bits per heavy atom. The number of aryl methyl sites for hydroxylation is 1. The fraction of sp³-hybridized carbons (Fsp3) is 0.222. The molecule has 2 heterocycles. The highest BCUT2D eigenvalue weighted by Gasteiger charge is 2.09. The fourth-order valence-corrected chi connectivity index (χ4v) is 2.15. The monoisotopic (exact) mass is 238 g/mol. The third kappa shape index (κ3) is 1.91. The minimum Gasteiger partial charge on any atom is -0.388 e. The lowest BCUT2D eigenvalue weighted by atomic mass is 10.4. The fourth-order valence-electron chi connectivity index (χ4n) is 1.23. The Morgan fingerprint density at radius 2 is 2.47 bits per heavy atom. The standard InChI is InChI=1S/C9H10N4S2/c1-2-7-11-9(15-12-7)13-5-3-4-6(13)8(10)14/h3-5H,2H2,1H3,(H2,10,14). The molecule has 0 amide bonds. The van der Waals surface area contributed by atoms with E-state index in [-0.39, 0.29) is 0 Å². The summed E-state index contributed by atoms with van der Waals surface area (Å²) < 4.78 is 6.08. The van der Waals surface area contributed by atoms with Crippen LogP contribution in [0.1, 0.15) is 18.4 Å². The Kier molecular flexibility index (Phi) is 2.79. The van der Waals surface area contributed by atoms with Gasteiger partial charge in [0, 0.05) is 24.2 Å². The van der Waals surface area contributed by atoms with E-state index >= 15 is 0 Å². The smallest absolute Gasteiger partial charge is 0.213 e. The van der Waals surface area contributed by atoms with Gasteiger partial charge in [0.1, 0.15) is 10.8 Å². The molecule has 2 aromatic rings. The van der Waals surface area contributed by atoms with Crippen LogP contribution >= 0.6 is 23.8 Å². The van der Waals surface area contributed by atoms with E-state index in [2.05, 4.69) is 9.36 Å². The molecule has 0 saturated heterocycles. The summed E-state index contributed by atoms with van der Waals surface area (Å²) in [4.78, 5) is 4.74. The second kappa shape index (κ2) is 4.08. The lowest BCUT2D eigenvalue weighted by Gasteiger charge is -2.01. The summed E-state index contributed by atoms with van der Waals surface area (Å²) in [6.45, 7) is 2.02. The molecule has 78 valence electrons. The van der Waals surface area contributed by atoms with E-state index in [0.717, 1.165) is 23.1 Å². The minimum absolute atomic E-state index is 0.369. The number of nitrogens with zero attached hydrogens (tertiary/aromatic N) is 3. The lowest BCUT2D eigenvalue weighted by Crippen LogP contribution is -2.14. The maximum atomic E-state index is 5.60. The second-order valence-electron chi connectivity index (χ2n) is 2.97. The zero-order valence-corrected chi connectivity index (χ0v) is 9.81. The highest BCUT2D eigenvalue weighted by molar-refractivity contribution is 7.80.